The molecule has 0 fully saturated rings. The minimum absolute atomic E-state index is 0.407. The molecule has 1 heterocycles. The van der Waals surface area contributed by atoms with Crippen LogP contribution in [0.1, 0.15) is 4.88 Å². The van der Waals surface area contributed by atoms with Crippen LogP contribution in [0.4, 0.5) is 0 Å². The van der Waals surface area contributed by atoms with Crippen molar-refractivity contribution in [1.29, 1.82) is 0 Å². The molecule has 0 atom stereocenters. The van der Waals surface area contributed by atoms with Crippen LogP contribution in [0.25, 0.3) is 0 Å². The molecule has 0 aliphatic heterocycles. The molecule has 0 aliphatic carbocycles. The lowest BCUT2D eigenvalue weighted by molar-refractivity contribution is -0.157. The van der Waals surface area contributed by atoms with Crippen LogP contribution in [0.3, 0.4) is 0 Å². The first-order valence-electron chi connectivity index (χ1n) is 4.11. The fourth-order valence-electron chi connectivity index (χ4n) is 0.985. The number of hydrogen-bond acceptors (Lipinski definition) is 4. The Morgan fingerprint density at radius 2 is 2.27 bits per heavy atom. The fourth-order valence-corrected chi connectivity index (χ4v) is 2.49. The summed E-state index contributed by atoms with van der Waals surface area (Å²) in [6.45, 7) is 0.407. The zero-order valence-corrected chi connectivity index (χ0v) is 10.7. The molecule has 1 aromatic heterocycles. The first-order chi connectivity index (χ1) is 7.04. The van der Waals surface area contributed by atoms with Crippen LogP contribution in [-0.2, 0) is 20.9 Å². The molecule has 0 aromatic carbocycles. The second-order valence-corrected chi connectivity index (χ2v) is 4.80. The fraction of sp³-hybridized carbons (Fsp3) is 0.333. The van der Waals surface area contributed by atoms with Gasteiger partial charge in [0.05, 0.1) is 13.7 Å². The van der Waals surface area contributed by atoms with E-state index in [1.165, 1.54) is 23.3 Å². The summed E-state index contributed by atoms with van der Waals surface area (Å²) in [5, 5.41) is 1.92. The van der Waals surface area contributed by atoms with Gasteiger partial charge < -0.3 is 9.64 Å². The Kier molecular flexibility index (Phi) is 4.28. The van der Waals surface area contributed by atoms with E-state index in [4.69, 9.17) is 0 Å². The summed E-state index contributed by atoms with van der Waals surface area (Å²) in [6.07, 6.45) is 0. The van der Waals surface area contributed by atoms with E-state index in [-0.39, 0.29) is 0 Å². The van der Waals surface area contributed by atoms with Crippen molar-refractivity contribution in [1.82, 2.24) is 4.90 Å². The average molecular weight is 292 g/mol. The summed E-state index contributed by atoms with van der Waals surface area (Å²) in [4.78, 5) is 24.6. The van der Waals surface area contributed by atoms with Gasteiger partial charge in [0, 0.05) is 21.8 Å². The third-order valence-corrected chi connectivity index (χ3v) is 3.40. The number of carbonyl (C=O) groups is 2. The molecule has 0 aliphatic rings. The van der Waals surface area contributed by atoms with Gasteiger partial charge in [-0.25, -0.2) is 4.79 Å². The highest BCUT2D eigenvalue weighted by Crippen LogP contribution is 2.20. The number of amides is 1. The molecule has 15 heavy (non-hydrogen) atoms. The lowest BCUT2D eigenvalue weighted by Gasteiger charge is -2.13. The highest BCUT2D eigenvalue weighted by molar-refractivity contribution is 9.10. The summed E-state index contributed by atoms with van der Waals surface area (Å²) in [6, 6.07) is 1.91. The number of thiophene rings is 1. The van der Waals surface area contributed by atoms with E-state index in [1.807, 2.05) is 11.4 Å². The monoisotopic (exact) mass is 291 g/mol. The Labute approximate surface area is 100.0 Å². The van der Waals surface area contributed by atoms with Crippen LogP contribution in [0.2, 0.25) is 0 Å². The van der Waals surface area contributed by atoms with Gasteiger partial charge in [-0.15, -0.1) is 11.3 Å². The van der Waals surface area contributed by atoms with Crippen molar-refractivity contribution in [3.8, 4) is 0 Å². The number of halogens is 1. The highest BCUT2D eigenvalue weighted by atomic mass is 79.9. The number of hydrogen-bond donors (Lipinski definition) is 0. The van der Waals surface area contributed by atoms with E-state index in [2.05, 4.69) is 20.7 Å². The van der Waals surface area contributed by atoms with Crippen molar-refractivity contribution in [2.45, 2.75) is 6.54 Å². The average Bonchev–Trinajstić information content (AvgIpc) is 2.61. The first-order valence-corrected chi connectivity index (χ1v) is 5.78. The van der Waals surface area contributed by atoms with Crippen LogP contribution in [-0.4, -0.2) is 30.9 Å². The molecule has 0 saturated carbocycles. The second-order valence-electron chi connectivity index (χ2n) is 2.88. The third-order valence-electron chi connectivity index (χ3n) is 1.72. The zero-order chi connectivity index (χ0) is 11.4. The normalized spacial score (nSPS) is 9.80. The summed E-state index contributed by atoms with van der Waals surface area (Å²) in [7, 11) is 2.75. The van der Waals surface area contributed by atoms with E-state index < -0.39 is 11.9 Å². The van der Waals surface area contributed by atoms with Gasteiger partial charge in [-0.2, -0.15) is 0 Å². The van der Waals surface area contributed by atoms with Crippen molar-refractivity contribution in [2.75, 3.05) is 14.2 Å². The molecule has 6 heteroatoms. The number of nitrogens with zero attached hydrogens (tertiary/aromatic N) is 1. The largest absolute Gasteiger partial charge is 0.462 e. The Bertz CT molecular complexity index is 377. The van der Waals surface area contributed by atoms with Crippen LogP contribution >= 0.6 is 27.3 Å². The maximum atomic E-state index is 11.3. The molecule has 1 aromatic rings. The van der Waals surface area contributed by atoms with Crippen molar-refractivity contribution in [2.24, 2.45) is 0 Å². The molecule has 0 spiro atoms. The van der Waals surface area contributed by atoms with E-state index in [9.17, 15) is 9.59 Å². The van der Waals surface area contributed by atoms with Crippen molar-refractivity contribution in [3.05, 3.63) is 20.8 Å². The van der Waals surface area contributed by atoms with E-state index in [0.29, 0.717) is 6.54 Å². The lowest BCUT2D eigenvalue weighted by Crippen LogP contribution is -2.33. The maximum Gasteiger partial charge on any atom is 0.396 e. The Morgan fingerprint density at radius 1 is 1.60 bits per heavy atom. The molecule has 1 rings (SSSR count). The SMILES string of the molecule is COC(=O)C(=O)N(C)Cc1cc(Br)cs1. The summed E-state index contributed by atoms with van der Waals surface area (Å²) < 4.78 is 5.31. The van der Waals surface area contributed by atoms with Crippen molar-refractivity contribution < 1.29 is 14.3 Å². The first kappa shape index (κ1) is 12.2. The second kappa shape index (κ2) is 5.27. The number of ether oxygens (including phenoxy) is 1. The van der Waals surface area contributed by atoms with Gasteiger partial charge in [0.1, 0.15) is 0 Å². The minimum Gasteiger partial charge on any atom is -0.462 e. The molecule has 4 nitrogen and oxygen atoms in total. The molecular weight excluding hydrogens is 282 g/mol. The molecule has 1 amide bonds. The quantitative estimate of drug-likeness (QED) is 0.615. The molecule has 0 saturated heterocycles. The Balaban J connectivity index is 2.59. The predicted octanol–water partition coefficient (Wildman–Crippen LogP) is 1.64. The van der Waals surface area contributed by atoms with Gasteiger partial charge in [-0.05, 0) is 22.0 Å². The van der Waals surface area contributed by atoms with Crippen molar-refractivity contribution in [3.63, 3.8) is 0 Å². The number of esters is 1. The number of rotatable bonds is 2. The Morgan fingerprint density at radius 3 is 2.73 bits per heavy atom. The third kappa shape index (κ3) is 3.32. The molecule has 0 N–H and O–H groups in total. The van der Waals surface area contributed by atoms with Crippen LogP contribution in [0.5, 0.6) is 0 Å². The number of carbonyl (C=O) groups excluding carboxylic acids is 2. The topological polar surface area (TPSA) is 46.6 Å². The van der Waals surface area contributed by atoms with Crippen molar-refractivity contribution >= 4 is 39.1 Å². The van der Waals surface area contributed by atoms with Crippen LogP contribution in [0.15, 0.2) is 15.9 Å². The lowest BCUT2D eigenvalue weighted by atomic mass is 10.4. The van der Waals surface area contributed by atoms with Gasteiger partial charge in [-0.3, -0.25) is 4.79 Å². The molecule has 0 unspecified atom stereocenters. The minimum atomic E-state index is -0.840. The van der Waals surface area contributed by atoms with Crippen LogP contribution < -0.4 is 0 Å². The zero-order valence-electron chi connectivity index (χ0n) is 8.32. The maximum absolute atomic E-state index is 11.3. The predicted molar refractivity (Wildman–Crippen MR) is 60.5 cm³/mol. The number of methoxy groups -OCH3 is 1. The Hall–Kier alpha value is -0.880. The molecule has 82 valence electrons. The van der Waals surface area contributed by atoms with Gasteiger partial charge in [-0.1, -0.05) is 0 Å². The highest BCUT2D eigenvalue weighted by Gasteiger charge is 2.19. The summed E-state index contributed by atoms with van der Waals surface area (Å²) >= 11 is 4.84. The van der Waals surface area contributed by atoms with E-state index >= 15 is 0 Å². The summed E-state index contributed by atoms with van der Waals surface area (Å²) in [5.41, 5.74) is 0. The standard InChI is InChI=1S/C9H10BrNO3S/c1-11(8(12)9(13)14-2)4-7-3-6(10)5-15-7/h3,5H,4H2,1-2H3. The summed E-state index contributed by atoms with van der Waals surface area (Å²) in [5.74, 6) is -1.48. The van der Waals surface area contributed by atoms with E-state index in [0.717, 1.165) is 9.35 Å². The van der Waals surface area contributed by atoms with E-state index in [1.54, 1.807) is 7.05 Å². The molecule has 0 radical (unpaired) electrons. The molecular formula is C9H10BrNO3S. The smallest absolute Gasteiger partial charge is 0.396 e. The van der Waals surface area contributed by atoms with Gasteiger partial charge in [0.2, 0.25) is 0 Å². The number of likely N-dealkylation sites (N-methyl/N-ethyl adjacent to an activating group) is 1. The van der Waals surface area contributed by atoms with Gasteiger partial charge >= 0.3 is 11.9 Å². The van der Waals surface area contributed by atoms with Gasteiger partial charge in [0.15, 0.2) is 0 Å². The van der Waals surface area contributed by atoms with Crippen LogP contribution in [0, 0.1) is 0 Å². The molecule has 0 bridgehead atoms. The van der Waals surface area contributed by atoms with Gasteiger partial charge in [0.25, 0.3) is 0 Å².